The Kier molecular flexibility index (Phi) is 5.67. The first-order valence-corrected chi connectivity index (χ1v) is 11.8. The lowest BCUT2D eigenvalue weighted by atomic mass is 9.99. The molecule has 0 atom stereocenters. The summed E-state index contributed by atoms with van der Waals surface area (Å²) in [4.78, 5) is 30.7. The second kappa shape index (κ2) is 9.43. The largest absolute Gasteiger partial charge is 0.451 e. The molecule has 1 amide bonds. The van der Waals surface area contributed by atoms with Crippen molar-refractivity contribution in [2.75, 3.05) is 5.32 Å². The predicted octanol–water partition coefficient (Wildman–Crippen LogP) is 6.75. The molecule has 3 aromatic heterocycles. The van der Waals surface area contributed by atoms with Crippen molar-refractivity contribution in [1.29, 1.82) is 0 Å². The lowest BCUT2D eigenvalue weighted by Gasteiger charge is -2.09. The number of Topliss-reactive ketones (excluding diaryl/α,β-unsaturated/α-hetero) is 1. The van der Waals surface area contributed by atoms with Crippen LogP contribution in [0.5, 0.6) is 0 Å². The zero-order valence-corrected chi connectivity index (χ0v) is 19.7. The first-order valence-electron chi connectivity index (χ1n) is 11.8. The Hall–Kier alpha value is -5.23. The van der Waals surface area contributed by atoms with Crippen LogP contribution in [0.15, 0.2) is 126 Å². The average Bonchev–Trinajstić information content (AvgIpc) is 3.62. The van der Waals surface area contributed by atoms with E-state index in [2.05, 4.69) is 22.4 Å². The molecule has 0 fully saturated rings. The van der Waals surface area contributed by atoms with Gasteiger partial charge in [0, 0.05) is 28.5 Å². The van der Waals surface area contributed by atoms with Gasteiger partial charge < -0.3 is 14.1 Å². The molecular formula is C31H21N3O3. The highest BCUT2D eigenvalue weighted by molar-refractivity contribution is 6.47. The number of carbonyl (C=O) groups is 2. The summed E-state index contributed by atoms with van der Waals surface area (Å²) in [5.74, 6) is -1.32. The molecule has 178 valence electrons. The number of anilines is 1. The van der Waals surface area contributed by atoms with E-state index in [4.69, 9.17) is 4.42 Å². The molecule has 6 heteroatoms. The summed E-state index contributed by atoms with van der Waals surface area (Å²) in [5.41, 5.74) is 6.95. The summed E-state index contributed by atoms with van der Waals surface area (Å²) in [6, 6.07) is 32.8. The molecule has 0 aliphatic rings. The standard InChI is InChI=1S/C31H21N3O3/c35-30(31(36)33-25-15-13-24(14-16-25)28-19-37-20-32-28)29-27(18-26-8-4-5-17-34(26)29)23-11-9-22(10-12-23)21-6-2-1-3-7-21/h1-20H,(H,33,36). The number of pyridine rings is 1. The van der Waals surface area contributed by atoms with Gasteiger partial charge in [0.05, 0.1) is 0 Å². The number of fused-ring (bicyclic) bond motifs is 1. The smallest absolute Gasteiger partial charge is 0.298 e. The van der Waals surface area contributed by atoms with Gasteiger partial charge in [-0.25, -0.2) is 4.98 Å². The highest BCUT2D eigenvalue weighted by Crippen LogP contribution is 2.31. The monoisotopic (exact) mass is 483 g/mol. The zero-order valence-electron chi connectivity index (χ0n) is 19.7. The van der Waals surface area contributed by atoms with Gasteiger partial charge in [-0.05, 0) is 47.0 Å². The van der Waals surface area contributed by atoms with Gasteiger partial charge in [-0.1, -0.05) is 72.8 Å². The van der Waals surface area contributed by atoms with Crippen molar-refractivity contribution < 1.29 is 14.0 Å². The Bertz CT molecular complexity index is 1700. The predicted molar refractivity (Wildman–Crippen MR) is 143 cm³/mol. The van der Waals surface area contributed by atoms with E-state index in [0.717, 1.165) is 27.8 Å². The normalized spacial score (nSPS) is 10.9. The Morgan fingerprint density at radius 1 is 0.730 bits per heavy atom. The van der Waals surface area contributed by atoms with Crippen LogP contribution in [0.4, 0.5) is 5.69 Å². The summed E-state index contributed by atoms with van der Waals surface area (Å²) in [6.45, 7) is 0. The summed E-state index contributed by atoms with van der Waals surface area (Å²) < 4.78 is 6.78. The molecule has 0 aliphatic heterocycles. The van der Waals surface area contributed by atoms with Gasteiger partial charge in [-0.3, -0.25) is 9.59 Å². The summed E-state index contributed by atoms with van der Waals surface area (Å²) >= 11 is 0. The molecule has 0 saturated carbocycles. The minimum absolute atomic E-state index is 0.319. The van der Waals surface area contributed by atoms with Gasteiger partial charge in [0.25, 0.3) is 11.7 Å². The minimum atomic E-state index is -0.708. The third-order valence-corrected chi connectivity index (χ3v) is 6.27. The SMILES string of the molecule is O=C(Nc1ccc(-c2cocn2)cc1)C(=O)c1c(-c2ccc(-c3ccccc3)cc2)cc2ccccn12. The van der Waals surface area contributed by atoms with Crippen LogP contribution in [0.2, 0.25) is 0 Å². The van der Waals surface area contributed by atoms with Gasteiger partial charge >= 0.3 is 0 Å². The molecule has 0 unspecified atom stereocenters. The van der Waals surface area contributed by atoms with Gasteiger partial charge in [0.1, 0.15) is 17.7 Å². The molecule has 0 radical (unpaired) electrons. The second-order valence-electron chi connectivity index (χ2n) is 8.58. The fourth-order valence-corrected chi connectivity index (χ4v) is 4.42. The number of oxazole rings is 1. The molecule has 37 heavy (non-hydrogen) atoms. The van der Waals surface area contributed by atoms with Crippen LogP contribution in [0.25, 0.3) is 39.0 Å². The van der Waals surface area contributed by atoms with Crippen LogP contribution in [0, 0.1) is 0 Å². The highest BCUT2D eigenvalue weighted by atomic mass is 16.3. The number of ketones is 1. The highest BCUT2D eigenvalue weighted by Gasteiger charge is 2.25. The topological polar surface area (TPSA) is 76.6 Å². The van der Waals surface area contributed by atoms with Crippen LogP contribution in [0.3, 0.4) is 0 Å². The number of hydrogen-bond donors (Lipinski definition) is 1. The first-order chi connectivity index (χ1) is 18.2. The number of aromatic nitrogens is 2. The minimum Gasteiger partial charge on any atom is -0.451 e. The van der Waals surface area contributed by atoms with Crippen molar-refractivity contribution in [3.8, 4) is 33.5 Å². The number of rotatable bonds is 6. The van der Waals surface area contributed by atoms with Gasteiger partial charge in [0.15, 0.2) is 6.39 Å². The molecule has 1 N–H and O–H groups in total. The van der Waals surface area contributed by atoms with E-state index in [9.17, 15) is 9.59 Å². The number of nitrogens with zero attached hydrogens (tertiary/aromatic N) is 2. The fourth-order valence-electron chi connectivity index (χ4n) is 4.42. The number of carbonyl (C=O) groups excluding carboxylic acids is 2. The van der Waals surface area contributed by atoms with E-state index in [0.29, 0.717) is 22.6 Å². The van der Waals surface area contributed by atoms with E-state index < -0.39 is 11.7 Å². The van der Waals surface area contributed by atoms with E-state index >= 15 is 0 Å². The van der Waals surface area contributed by atoms with Crippen molar-refractivity contribution in [3.05, 3.63) is 128 Å². The Labute approximate surface area is 212 Å². The van der Waals surface area contributed by atoms with Crippen LogP contribution in [-0.4, -0.2) is 21.1 Å². The second-order valence-corrected chi connectivity index (χ2v) is 8.58. The maximum absolute atomic E-state index is 13.5. The number of hydrogen-bond acceptors (Lipinski definition) is 4. The Morgan fingerprint density at radius 3 is 2.14 bits per heavy atom. The van der Waals surface area contributed by atoms with E-state index in [1.54, 1.807) is 29.0 Å². The molecule has 6 aromatic rings. The summed E-state index contributed by atoms with van der Waals surface area (Å²) in [6.07, 6.45) is 4.70. The first kappa shape index (κ1) is 22.2. The lowest BCUT2D eigenvalue weighted by Crippen LogP contribution is -2.24. The van der Waals surface area contributed by atoms with Gasteiger partial charge in [0.2, 0.25) is 0 Å². The van der Waals surface area contributed by atoms with Crippen molar-refractivity contribution in [2.24, 2.45) is 0 Å². The maximum Gasteiger partial charge on any atom is 0.298 e. The lowest BCUT2D eigenvalue weighted by molar-refractivity contribution is -0.112. The third-order valence-electron chi connectivity index (χ3n) is 6.27. The van der Waals surface area contributed by atoms with Crippen LogP contribution < -0.4 is 5.32 Å². The van der Waals surface area contributed by atoms with Gasteiger partial charge in [-0.15, -0.1) is 0 Å². The quantitative estimate of drug-likeness (QED) is 0.210. The van der Waals surface area contributed by atoms with Crippen molar-refractivity contribution >= 4 is 22.9 Å². The number of benzene rings is 3. The van der Waals surface area contributed by atoms with Crippen LogP contribution >= 0.6 is 0 Å². The number of amides is 1. The van der Waals surface area contributed by atoms with Crippen molar-refractivity contribution in [2.45, 2.75) is 0 Å². The van der Waals surface area contributed by atoms with Crippen molar-refractivity contribution in [3.63, 3.8) is 0 Å². The zero-order chi connectivity index (χ0) is 25.2. The molecule has 0 spiro atoms. The average molecular weight is 484 g/mol. The van der Waals surface area contributed by atoms with Crippen LogP contribution in [-0.2, 0) is 4.79 Å². The number of nitrogens with one attached hydrogen (secondary N) is 1. The molecule has 6 nitrogen and oxygen atoms in total. The molecular weight excluding hydrogens is 462 g/mol. The van der Waals surface area contributed by atoms with E-state index in [1.807, 2.05) is 78.9 Å². The van der Waals surface area contributed by atoms with Crippen LogP contribution in [0.1, 0.15) is 10.5 Å². The third kappa shape index (κ3) is 4.32. The molecule has 0 bridgehead atoms. The summed E-state index contributed by atoms with van der Waals surface area (Å²) in [5, 5.41) is 2.73. The van der Waals surface area contributed by atoms with E-state index in [1.165, 1.54) is 6.39 Å². The molecule has 0 aliphatic carbocycles. The Balaban J connectivity index is 1.31. The Morgan fingerprint density at radius 2 is 1.41 bits per heavy atom. The molecule has 3 aromatic carbocycles. The molecule has 3 heterocycles. The fraction of sp³-hybridized carbons (Fsp3) is 0. The van der Waals surface area contributed by atoms with Gasteiger partial charge in [-0.2, -0.15) is 0 Å². The molecule has 0 saturated heterocycles. The maximum atomic E-state index is 13.5. The summed E-state index contributed by atoms with van der Waals surface area (Å²) in [7, 11) is 0. The van der Waals surface area contributed by atoms with E-state index in [-0.39, 0.29) is 0 Å². The molecule has 6 rings (SSSR count). The van der Waals surface area contributed by atoms with Crippen molar-refractivity contribution in [1.82, 2.24) is 9.38 Å².